The Labute approximate surface area is 292 Å². The fraction of sp³-hybridized carbons (Fsp3) is 0.463. The Hall–Kier alpha value is -4.46. The monoisotopic (exact) mass is 671 g/mol. The number of hydrogen-bond acceptors (Lipinski definition) is 7. The van der Waals surface area contributed by atoms with E-state index in [9.17, 15) is 19.7 Å². The van der Waals surface area contributed by atoms with Gasteiger partial charge in [-0.3, -0.25) is 14.9 Å². The molecular formula is C41H53NO7. The first-order chi connectivity index (χ1) is 23.9. The Bertz CT molecular complexity index is 1450. The summed E-state index contributed by atoms with van der Waals surface area (Å²) in [5.74, 6) is 0.0130. The summed E-state index contributed by atoms with van der Waals surface area (Å²) in [4.78, 5) is 36.7. The normalized spacial score (nSPS) is 11.1. The standard InChI is InChI=1S/C41H53NO7/c1-3-5-7-9-10-11-12-13-15-17-31-47-36-24-18-33(19-25-36)20-28-39(43)35-23-29-40(38(32-35)42(45)46)49-41(44)34-21-26-37(27-22-34)48-30-16-14-8-6-4-2/h18-29,32H,3-17,30-31H2,1-2H3/b28-20+. The average Bonchev–Trinajstić information content (AvgIpc) is 3.11. The maximum absolute atomic E-state index is 12.9. The topological polar surface area (TPSA) is 105 Å². The van der Waals surface area contributed by atoms with Gasteiger partial charge in [0.05, 0.1) is 23.7 Å². The Morgan fingerprint density at radius 2 is 1.10 bits per heavy atom. The molecule has 0 fully saturated rings. The lowest BCUT2D eigenvalue weighted by atomic mass is 10.1. The molecule has 0 saturated carbocycles. The molecule has 0 bridgehead atoms. The number of nitro groups is 1. The SMILES string of the molecule is CCCCCCCCCCCCOc1ccc(/C=C/C(=O)c2ccc(OC(=O)c3ccc(OCCCCCCC)cc3)c([N+](=O)[O-])c2)cc1. The number of ether oxygens (including phenoxy) is 3. The molecule has 264 valence electrons. The van der Waals surface area contributed by atoms with Crippen molar-refractivity contribution in [3.8, 4) is 17.2 Å². The van der Waals surface area contributed by atoms with Crippen molar-refractivity contribution in [1.29, 1.82) is 0 Å². The van der Waals surface area contributed by atoms with Crippen molar-refractivity contribution in [2.75, 3.05) is 13.2 Å². The molecule has 0 aliphatic rings. The van der Waals surface area contributed by atoms with Crippen LogP contribution < -0.4 is 14.2 Å². The number of allylic oxidation sites excluding steroid dienone is 1. The van der Waals surface area contributed by atoms with Gasteiger partial charge in [-0.25, -0.2) is 4.79 Å². The number of nitrogens with zero attached hydrogens (tertiary/aromatic N) is 1. The average molecular weight is 672 g/mol. The highest BCUT2D eigenvalue weighted by molar-refractivity contribution is 6.07. The van der Waals surface area contributed by atoms with Crippen molar-refractivity contribution in [1.82, 2.24) is 0 Å². The molecule has 3 aromatic carbocycles. The quantitative estimate of drug-likeness (QED) is 0.0168. The van der Waals surface area contributed by atoms with Gasteiger partial charge in [-0.1, -0.05) is 116 Å². The van der Waals surface area contributed by atoms with Crippen molar-refractivity contribution in [2.24, 2.45) is 0 Å². The van der Waals surface area contributed by atoms with Crippen molar-refractivity contribution in [2.45, 2.75) is 110 Å². The van der Waals surface area contributed by atoms with Gasteiger partial charge >= 0.3 is 11.7 Å². The van der Waals surface area contributed by atoms with Crippen LogP contribution in [0.3, 0.4) is 0 Å². The van der Waals surface area contributed by atoms with Gasteiger partial charge in [0.2, 0.25) is 5.75 Å². The van der Waals surface area contributed by atoms with Gasteiger partial charge in [0.1, 0.15) is 11.5 Å². The van der Waals surface area contributed by atoms with E-state index in [-0.39, 0.29) is 16.9 Å². The maximum Gasteiger partial charge on any atom is 0.343 e. The molecule has 0 unspecified atom stereocenters. The number of ketones is 1. The molecule has 49 heavy (non-hydrogen) atoms. The molecule has 8 heteroatoms. The first-order valence-electron chi connectivity index (χ1n) is 18.1. The number of hydrogen-bond donors (Lipinski definition) is 0. The second-order valence-electron chi connectivity index (χ2n) is 12.4. The van der Waals surface area contributed by atoms with E-state index in [4.69, 9.17) is 14.2 Å². The van der Waals surface area contributed by atoms with E-state index in [2.05, 4.69) is 13.8 Å². The van der Waals surface area contributed by atoms with Gasteiger partial charge in [0.15, 0.2) is 5.78 Å². The molecule has 3 aromatic rings. The zero-order chi connectivity index (χ0) is 35.1. The number of unbranched alkanes of at least 4 members (excludes halogenated alkanes) is 13. The predicted molar refractivity (Wildman–Crippen MR) is 196 cm³/mol. The van der Waals surface area contributed by atoms with Crippen LogP contribution in [0.4, 0.5) is 5.69 Å². The third-order valence-corrected chi connectivity index (χ3v) is 8.32. The fourth-order valence-corrected chi connectivity index (χ4v) is 5.36. The number of rotatable bonds is 25. The molecule has 8 nitrogen and oxygen atoms in total. The van der Waals surface area contributed by atoms with Gasteiger partial charge < -0.3 is 14.2 Å². The summed E-state index contributed by atoms with van der Waals surface area (Å²) in [5.41, 5.74) is 0.654. The van der Waals surface area contributed by atoms with Crippen LogP contribution in [0.5, 0.6) is 17.2 Å². The summed E-state index contributed by atoms with van der Waals surface area (Å²) in [7, 11) is 0. The zero-order valence-electron chi connectivity index (χ0n) is 29.3. The van der Waals surface area contributed by atoms with Crippen LogP contribution in [-0.2, 0) is 0 Å². The lowest BCUT2D eigenvalue weighted by Gasteiger charge is -2.08. The van der Waals surface area contributed by atoms with Gasteiger partial charge in [-0.15, -0.1) is 0 Å². The zero-order valence-corrected chi connectivity index (χ0v) is 29.3. The molecule has 0 aliphatic carbocycles. The molecule has 3 rings (SSSR count). The summed E-state index contributed by atoms with van der Waals surface area (Å²) in [5, 5.41) is 11.8. The van der Waals surface area contributed by atoms with Crippen LogP contribution in [0.25, 0.3) is 6.08 Å². The molecule has 0 spiro atoms. The molecule has 0 saturated heterocycles. The van der Waals surface area contributed by atoms with E-state index >= 15 is 0 Å². The van der Waals surface area contributed by atoms with Gasteiger partial charge in [-0.2, -0.15) is 0 Å². The molecule has 0 aromatic heterocycles. The van der Waals surface area contributed by atoms with E-state index in [0.29, 0.717) is 19.0 Å². The molecule has 0 amide bonds. The summed E-state index contributed by atoms with van der Waals surface area (Å²) in [6, 6.07) is 17.7. The van der Waals surface area contributed by atoms with Crippen LogP contribution in [0.1, 0.15) is 136 Å². The van der Waals surface area contributed by atoms with Crippen molar-refractivity contribution in [3.05, 3.63) is 99.6 Å². The first kappa shape index (κ1) is 39.0. The smallest absolute Gasteiger partial charge is 0.343 e. The minimum absolute atomic E-state index is 0.107. The van der Waals surface area contributed by atoms with Crippen molar-refractivity contribution in [3.63, 3.8) is 0 Å². The minimum atomic E-state index is -0.746. The second kappa shape index (κ2) is 23.0. The Kier molecular flexibility index (Phi) is 18.3. The summed E-state index contributed by atoms with van der Waals surface area (Å²) < 4.78 is 17.0. The lowest BCUT2D eigenvalue weighted by Crippen LogP contribution is -2.10. The molecular weight excluding hydrogens is 618 g/mol. The molecule has 0 N–H and O–H groups in total. The molecule has 0 aliphatic heterocycles. The summed E-state index contributed by atoms with van der Waals surface area (Å²) in [6.45, 7) is 5.69. The number of carbonyl (C=O) groups is 2. The van der Waals surface area contributed by atoms with Crippen LogP contribution in [0.2, 0.25) is 0 Å². The highest BCUT2D eigenvalue weighted by Gasteiger charge is 2.21. The second-order valence-corrected chi connectivity index (χ2v) is 12.4. The third kappa shape index (κ3) is 15.1. The lowest BCUT2D eigenvalue weighted by molar-refractivity contribution is -0.385. The molecule has 0 radical (unpaired) electrons. The van der Waals surface area contributed by atoms with E-state index in [0.717, 1.165) is 36.6 Å². The third-order valence-electron chi connectivity index (χ3n) is 8.32. The largest absolute Gasteiger partial charge is 0.494 e. The Balaban J connectivity index is 1.44. The number of nitro benzene ring substituents is 1. The van der Waals surface area contributed by atoms with Gasteiger partial charge in [0, 0.05) is 11.6 Å². The number of esters is 1. The van der Waals surface area contributed by atoms with Crippen LogP contribution in [-0.4, -0.2) is 29.9 Å². The fourth-order valence-electron chi connectivity index (χ4n) is 5.36. The van der Waals surface area contributed by atoms with Gasteiger partial charge in [0.25, 0.3) is 0 Å². The van der Waals surface area contributed by atoms with Crippen LogP contribution in [0.15, 0.2) is 72.8 Å². The highest BCUT2D eigenvalue weighted by atomic mass is 16.6. The highest BCUT2D eigenvalue weighted by Crippen LogP contribution is 2.29. The van der Waals surface area contributed by atoms with Crippen molar-refractivity contribution < 1.29 is 28.7 Å². The van der Waals surface area contributed by atoms with Crippen LogP contribution >= 0.6 is 0 Å². The van der Waals surface area contributed by atoms with Crippen molar-refractivity contribution >= 4 is 23.5 Å². The Morgan fingerprint density at radius 1 is 0.633 bits per heavy atom. The minimum Gasteiger partial charge on any atom is -0.494 e. The van der Waals surface area contributed by atoms with Crippen LogP contribution in [0, 0.1) is 10.1 Å². The molecule has 0 atom stereocenters. The van der Waals surface area contributed by atoms with E-state index in [1.54, 1.807) is 30.3 Å². The Morgan fingerprint density at radius 3 is 1.61 bits per heavy atom. The number of benzene rings is 3. The van der Waals surface area contributed by atoms with E-state index in [1.807, 2.05) is 24.3 Å². The summed E-state index contributed by atoms with van der Waals surface area (Å²) >= 11 is 0. The summed E-state index contributed by atoms with van der Waals surface area (Å²) in [6.07, 6.45) is 21.4. The van der Waals surface area contributed by atoms with Gasteiger partial charge in [-0.05, 0) is 73.0 Å². The number of carbonyl (C=O) groups excluding carboxylic acids is 2. The van der Waals surface area contributed by atoms with E-state index < -0.39 is 22.4 Å². The predicted octanol–water partition coefficient (Wildman–Crippen LogP) is 11.4. The maximum atomic E-state index is 12.9. The van der Waals surface area contributed by atoms with E-state index in [1.165, 1.54) is 95.3 Å². The molecule has 0 heterocycles. The first-order valence-corrected chi connectivity index (χ1v) is 18.1.